The molecular weight excluding hydrogens is 476 g/mol. The molecule has 0 aliphatic carbocycles. The molecule has 0 aromatic heterocycles. The molecule has 0 fully saturated rings. The fourth-order valence-electron chi connectivity index (χ4n) is 4.18. The molecule has 0 saturated carbocycles. The molecule has 0 unspecified atom stereocenters. The quantitative estimate of drug-likeness (QED) is 0.447. The van der Waals surface area contributed by atoms with Gasteiger partial charge in [-0.05, 0) is 57.4 Å². The van der Waals surface area contributed by atoms with Crippen LogP contribution in [-0.2, 0) is 36.8 Å². The van der Waals surface area contributed by atoms with Crippen LogP contribution in [0.2, 0.25) is 0 Å². The van der Waals surface area contributed by atoms with Crippen LogP contribution in [0.5, 0.6) is 0 Å². The molecule has 37 heavy (non-hydrogen) atoms. The topological polar surface area (TPSA) is 111 Å². The Kier molecular flexibility index (Phi) is 8.91. The van der Waals surface area contributed by atoms with Gasteiger partial charge in [-0.3, -0.25) is 9.59 Å². The number of methoxy groups -OCH3 is 1. The third kappa shape index (κ3) is 7.55. The van der Waals surface area contributed by atoms with Gasteiger partial charge in [-0.1, -0.05) is 42.5 Å². The number of nitrogens with one attached hydrogen (secondary N) is 1. The van der Waals surface area contributed by atoms with Crippen LogP contribution < -0.4 is 5.32 Å². The maximum Gasteiger partial charge on any atom is 0.408 e. The third-order valence-electron chi connectivity index (χ3n) is 5.98. The van der Waals surface area contributed by atoms with Gasteiger partial charge in [0.1, 0.15) is 17.7 Å². The minimum Gasteiger partial charge on any atom is -0.469 e. The summed E-state index contributed by atoms with van der Waals surface area (Å²) in [5, 5.41) is 2.59. The molecule has 1 aliphatic heterocycles. The largest absolute Gasteiger partial charge is 0.469 e. The van der Waals surface area contributed by atoms with Gasteiger partial charge in [0.05, 0.1) is 19.1 Å². The first-order valence-corrected chi connectivity index (χ1v) is 12.2. The summed E-state index contributed by atoms with van der Waals surface area (Å²) in [5.74, 6) is -1.59. The molecule has 0 bridgehead atoms. The molecule has 9 heteroatoms. The van der Waals surface area contributed by atoms with Gasteiger partial charge in [-0.2, -0.15) is 0 Å². The fraction of sp³-hybridized carbons (Fsp3) is 0.429. The Morgan fingerprint density at radius 1 is 1.00 bits per heavy atom. The molecule has 3 atom stereocenters. The minimum atomic E-state index is -1.26. The van der Waals surface area contributed by atoms with Gasteiger partial charge in [0, 0.05) is 12.6 Å². The second-order valence-electron chi connectivity index (χ2n) is 9.97. The van der Waals surface area contributed by atoms with Crippen molar-refractivity contribution < 1.29 is 33.4 Å². The maximum atomic E-state index is 14.0. The van der Waals surface area contributed by atoms with Crippen LogP contribution in [0.3, 0.4) is 0 Å². The van der Waals surface area contributed by atoms with E-state index in [0.717, 1.165) is 11.1 Å². The molecule has 1 N–H and O–H groups in total. The number of hydrogen-bond acceptors (Lipinski definition) is 7. The lowest BCUT2D eigenvalue weighted by atomic mass is 9.91. The van der Waals surface area contributed by atoms with Crippen molar-refractivity contribution in [2.24, 2.45) is 0 Å². The van der Waals surface area contributed by atoms with Gasteiger partial charge in [0.15, 0.2) is 0 Å². The fourth-order valence-corrected chi connectivity index (χ4v) is 4.18. The van der Waals surface area contributed by atoms with Crippen LogP contribution in [0.15, 0.2) is 54.6 Å². The Bertz CT molecular complexity index is 1130. The zero-order valence-corrected chi connectivity index (χ0v) is 21.9. The Hall–Kier alpha value is -3.88. The van der Waals surface area contributed by atoms with E-state index in [1.807, 2.05) is 24.3 Å². The van der Waals surface area contributed by atoms with Crippen LogP contribution in [0.4, 0.5) is 4.79 Å². The summed E-state index contributed by atoms with van der Waals surface area (Å²) < 4.78 is 15.8. The van der Waals surface area contributed by atoms with Crippen LogP contribution >= 0.6 is 0 Å². The van der Waals surface area contributed by atoms with Crippen molar-refractivity contribution in [2.75, 3.05) is 7.11 Å². The van der Waals surface area contributed by atoms with Crippen LogP contribution in [0.1, 0.15) is 55.6 Å². The second kappa shape index (κ2) is 11.9. The molecule has 3 rings (SSSR count). The first kappa shape index (κ1) is 27.7. The zero-order chi connectivity index (χ0) is 27.2. The molecule has 2 amide bonds. The number of esters is 2. The average molecular weight is 511 g/mol. The lowest BCUT2D eigenvalue weighted by molar-refractivity contribution is -0.146. The van der Waals surface area contributed by atoms with E-state index in [1.54, 1.807) is 51.1 Å². The first-order chi connectivity index (χ1) is 17.5. The van der Waals surface area contributed by atoms with E-state index < -0.39 is 47.7 Å². The summed E-state index contributed by atoms with van der Waals surface area (Å²) in [6.45, 7) is 6.87. The molecule has 2 aromatic rings. The van der Waals surface area contributed by atoms with Gasteiger partial charge in [0.2, 0.25) is 5.91 Å². The molecule has 0 radical (unpaired) electrons. The van der Waals surface area contributed by atoms with Crippen molar-refractivity contribution in [1.29, 1.82) is 0 Å². The molecule has 0 saturated heterocycles. The number of alkyl carbamates (subject to hydrolysis) is 1. The van der Waals surface area contributed by atoms with E-state index in [0.29, 0.717) is 12.0 Å². The SMILES string of the molecule is COC(=O)C[C@H]1Cc2ccccc2CN1C(=O)[C@@H](NC(=O)OC(C)(C)C)[C@@H](C)OC(=O)c1ccccc1. The van der Waals surface area contributed by atoms with Gasteiger partial charge in [-0.15, -0.1) is 0 Å². The van der Waals surface area contributed by atoms with E-state index in [2.05, 4.69) is 5.32 Å². The van der Waals surface area contributed by atoms with Crippen molar-refractivity contribution in [1.82, 2.24) is 10.2 Å². The number of fused-ring (bicyclic) bond motifs is 1. The van der Waals surface area contributed by atoms with Gasteiger partial charge < -0.3 is 24.4 Å². The second-order valence-corrected chi connectivity index (χ2v) is 9.97. The highest BCUT2D eigenvalue weighted by Crippen LogP contribution is 2.27. The van der Waals surface area contributed by atoms with Crippen molar-refractivity contribution in [3.8, 4) is 0 Å². The third-order valence-corrected chi connectivity index (χ3v) is 5.98. The first-order valence-electron chi connectivity index (χ1n) is 12.2. The zero-order valence-electron chi connectivity index (χ0n) is 21.9. The summed E-state index contributed by atoms with van der Waals surface area (Å²) in [4.78, 5) is 53.1. The molecule has 2 aromatic carbocycles. The monoisotopic (exact) mass is 510 g/mol. The molecule has 1 heterocycles. The van der Waals surface area contributed by atoms with Crippen LogP contribution in [-0.4, -0.2) is 59.7 Å². The Morgan fingerprint density at radius 2 is 1.62 bits per heavy atom. The van der Waals surface area contributed by atoms with Crippen molar-refractivity contribution in [2.45, 2.75) is 70.9 Å². The predicted molar refractivity (Wildman–Crippen MR) is 136 cm³/mol. The lowest BCUT2D eigenvalue weighted by Crippen LogP contribution is -2.58. The molecule has 1 aliphatic rings. The number of ether oxygens (including phenoxy) is 3. The number of rotatable bonds is 7. The van der Waals surface area contributed by atoms with Crippen molar-refractivity contribution >= 4 is 23.9 Å². The van der Waals surface area contributed by atoms with Crippen LogP contribution in [0.25, 0.3) is 0 Å². The van der Waals surface area contributed by atoms with Gasteiger partial charge in [0.25, 0.3) is 0 Å². The smallest absolute Gasteiger partial charge is 0.408 e. The summed E-state index contributed by atoms with van der Waals surface area (Å²) >= 11 is 0. The normalized spacial score (nSPS) is 16.6. The highest BCUT2D eigenvalue weighted by molar-refractivity contribution is 5.91. The lowest BCUT2D eigenvalue weighted by Gasteiger charge is -2.39. The summed E-state index contributed by atoms with van der Waals surface area (Å²) in [5.41, 5.74) is 1.47. The number of carbonyl (C=O) groups excluding carboxylic acids is 4. The van der Waals surface area contributed by atoms with Crippen molar-refractivity contribution in [3.63, 3.8) is 0 Å². The maximum absolute atomic E-state index is 14.0. The van der Waals surface area contributed by atoms with Gasteiger partial charge in [-0.25, -0.2) is 9.59 Å². The van der Waals surface area contributed by atoms with E-state index in [-0.39, 0.29) is 13.0 Å². The Balaban J connectivity index is 1.90. The number of amides is 2. The standard InChI is InChI=1S/C28H34N2O7/c1-18(36-26(33)19-11-7-6-8-12-19)24(29-27(34)37-28(2,3)4)25(32)30-17-21-14-10-9-13-20(21)15-22(30)16-23(31)35-5/h6-14,18,22,24H,15-17H2,1-5H3,(H,29,34)/t18-,22-,24+/m1/s1. The van der Waals surface area contributed by atoms with E-state index in [4.69, 9.17) is 14.2 Å². The molecule has 9 nitrogen and oxygen atoms in total. The van der Waals surface area contributed by atoms with Crippen molar-refractivity contribution in [3.05, 3.63) is 71.3 Å². The number of benzene rings is 2. The highest BCUT2D eigenvalue weighted by atomic mass is 16.6. The summed E-state index contributed by atoms with van der Waals surface area (Å²) in [6.07, 6.45) is -1.44. The molecule has 0 spiro atoms. The summed E-state index contributed by atoms with van der Waals surface area (Å²) in [6, 6.07) is 14.3. The highest BCUT2D eigenvalue weighted by Gasteiger charge is 2.39. The van der Waals surface area contributed by atoms with Gasteiger partial charge >= 0.3 is 18.0 Å². The predicted octanol–water partition coefficient (Wildman–Crippen LogP) is 3.64. The summed E-state index contributed by atoms with van der Waals surface area (Å²) in [7, 11) is 1.29. The number of carbonyl (C=O) groups is 4. The number of hydrogen-bond donors (Lipinski definition) is 1. The van der Waals surface area contributed by atoms with E-state index in [9.17, 15) is 19.2 Å². The van der Waals surface area contributed by atoms with E-state index >= 15 is 0 Å². The van der Waals surface area contributed by atoms with Crippen LogP contribution in [0, 0.1) is 0 Å². The molecular formula is C28H34N2O7. The van der Waals surface area contributed by atoms with E-state index in [1.165, 1.54) is 18.9 Å². The Labute approximate surface area is 217 Å². The minimum absolute atomic E-state index is 0.0199. The molecule has 198 valence electrons. The Morgan fingerprint density at radius 3 is 2.24 bits per heavy atom. The number of nitrogens with zero attached hydrogens (tertiary/aromatic N) is 1. The average Bonchev–Trinajstić information content (AvgIpc) is 2.85.